The minimum atomic E-state index is 0.241. The zero-order chi connectivity index (χ0) is 16.4. The summed E-state index contributed by atoms with van der Waals surface area (Å²) < 4.78 is 5.60. The second-order valence-corrected chi connectivity index (χ2v) is 7.44. The number of nitrogens with zero attached hydrogens (tertiary/aromatic N) is 1. The fourth-order valence-electron chi connectivity index (χ4n) is 4.87. The summed E-state index contributed by atoms with van der Waals surface area (Å²) in [5.41, 5.74) is 1.39. The molecule has 4 heteroatoms. The second kappa shape index (κ2) is 7.24. The van der Waals surface area contributed by atoms with Crippen molar-refractivity contribution in [3.63, 3.8) is 0 Å². The first-order chi connectivity index (χ1) is 11.8. The molecule has 4 rings (SSSR count). The van der Waals surface area contributed by atoms with E-state index < -0.39 is 0 Å². The Morgan fingerprint density at radius 3 is 2.62 bits per heavy atom. The van der Waals surface area contributed by atoms with Crippen molar-refractivity contribution in [2.75, 3.05) is 13.2 Å². The summed E-state index contributed by atoms with van der Waals surface area (Å²) in [7, 11) is 0. The Hall–Kier alpha value is -1.39. The van der Waals surface area contributed by atoms with Gasteiger partial charge in [-0.05, 0) is 37.7 Å². The van der Waals surface area contributed by atoms with Crippen molar-refractivity contribution in [3.8, 4) is 0 Å². The van der Waals surface area contributed by atoms with Crippen LogP contribution in [0.25, 0.3) is 0 Å². The first-order valence-corrected chi connectivity index (χ1v) is 9.52. The Bertz CT molecular complexity index is 556. The molecule has 0 unspecified atom stereocenters. The van der Waals surface area contributed by atoms with Gasteiger partial charge in [-0.1, -0.05) is 36.8 Å². The fraction of sp³-hybridized carbons (Fsp3) is 0.650. The van der Waals surface area contributed by atoms with E-state index >= 15 is 0 Å². The lowest BCUT2D eigenvalue weighted by Gasteiger charge is -2.40. The number of carbonyl (C=O) groups excluding carboxylic acids is 1. The zero-order valence-electron chi connectivity index (χ0n) is 14.3. The van der Waals surface area contributed by atoms with Gasteiger partial charge >= 0.3 is 0 Å². The van der Waals surface area contributed by atoms with E-state index in [9.17, 15) is 4.79 Å². The highest BCUT2D eigenvalue weighted by Gasteiger charge is 2.45. The maximum absolute atomic E-state index is 12.2. The van der Waals surface area contributed by atoms with E-state index in [1.165, 1.54) is 12.0 Å². The van der Waals surface area contributed by atoms with Crippen LogP contribution in [0.3, 0.4) is 0 Å². The Balaban J connectivity index is 1.64. The van der Waals surface area contributed by atoms with Crippen molar-refractivity contribution < 1.29 is 9.53 Å². The van der Waals surface area contributed by atoms with Crippen LogP contribution in [0.4, 0.5) is 0 Å². The lowest BCUT2D eigenvalue weighted by atomic mass is 9.97. The van der Waals surface area contributed by atoms with E-state index in [4.69, 9.17) is 4.74 Å². The second-order valence-electron chi connectivity index (χ2n) is 7.44. The number of ether oxygens (including phenoxy) is 1. The summed E-state index contributed by atoms with van der Waals surface area (Å²) >= 11 is 0. The van der Waals surface area contributed by atoms with Crippen LogP contribution in [-0.2, 0) is 9.53 Å². The maximum atomic E-state index is 12.2. The monoisotopic (exact) mass is 328 g/mol. The van der Waals surface area contributed by atoms with Gasteiger partial charge in [-0.15, -0.1) is 0 Å². The predicted molar refractivity (Wildman–Crippen MR) is 93.7 cm³/mol. The number of hydrogen-bond acceptors (Lipinski definition) is 3. The predicted octanol–water partition coefficient (Wildman–Crippen LogP) is 3.04. The molecule has 0 saturated carbocycles. The number of nitrogens with one attached hydrogen (secondary N) is 1. The van der Waals surface area contributed by atoms with Gasteiger partial charge in [-0.2, -0.15) is 0 Å². The molecule has 3 fully saturated rings. The van der Waals surface area contributed by atoms with E-state index in [1.54, 1.807) is 0 Å². The largest absolute Gasteiger partial charge is 0.381 e. The molecule has 3 atom stereocenters. The SMILES string of the molecule is O=C1CCCC[C@H]2[C@@H](C[C@@H](c3ccccc3)N2C2CCOCC2)N1. The van der Waals surface area contributed by atoms with Gasteiger partial charge in [-0.25, -0.2) is 0 Å². The molecule has 3 aliphatic rings. The summed E-state index contributed by atoms with van der Waals surface area (Å²) in [6.45, 7) is 1.73. The normalized spacial score (nSPS) is 32.7. The summed E-state index contributed by atoms with van der Waals surface area (Å²) in [6.07, 6.45) is 7.34. The van der Waals surface area contributed by atoms with Crippen molar-refractivity contribution >= 4 is 5.91 Å². The lowest BCUT2D eigenvalue weighted by Crippen LogP contribution is -2.50. The third-order valence-corrected chi connectivity index (χ3v) is 5.98. The summed E-state index contributed by atoms with van der Waals surface area (Å²) in [4.78, 5) is 14.9. The molecule has 0 aromatic heterocycles. The Kier molecular flexibility index (Phi) is 4.86. The van der Waals surface area contributed by atoms with Gasteiger partial charge in [0.15, 0.2) is 0 Å². The highest BCUT2D eigenvalue weighted by molar-refractivity contribution is 5.76. The molecule has 0 aliphatic carbocycles. The molecule has 1 amide bonds. The van der Waals surface area contributed by atoms with Crippen LogP contribution in [0.5, 0.6) is 0 Å². The highest BCUT2D eigenvalue weighted by atomic mass is 16.5. The van der Waals surface area contributed by atoms with Crippen molar-refractivity contribution in [2.45, 2.75) is 69.1 Å². The van der Waals surface area contributed by atoms with Crippen LogP contribution in [0.1, 0.15) is 56.6 Å². The van der Waals surface area contributed by atoms with Crippen LogP contribution in [-0.4, -0.2) is 42.1 Å². The third kappa shape index (κ3) is 3.22. The van der Waals surface area contributed by atoms with E-state index in [1.807, 2.05) is 0 Å². The van der Waals surface area contributed by atoms with Crippen LogP contribution in [0.15, 0.2) is 30.3 Å². The Morgan fingerprint density at radius 1 is 1.04 bits per heavy atom. The number of amides is 1. The molecule has 3 saturated heterocycles. The van der Waals surface area contributed by atoms with Gasteiger partial charge in [0.1, 0.15) is 0 Å². The average Bonchev–Trinajstić information content (AvgIpc) is 2.96. The summed E-state index contributed by atoms with van der Waals surface area (Å²) in [6, 6.07) is 12.6. The van der Waals surface area contributed by atoms with Gasteiger partial charge in [0.05, 0.1) is 0 Å². The number of fused-ring (bicyclic) bond motifs is 1. The minimum absolute atomic E-state index is 0.241. The van der Waals surface area contributed by atoms with Gasteiger partial charge in [-0.3, -0.25) is 9.69 Å². The molecule has 4 nitrogen and oxygen atoms in total. The number of rotatable bonds is 2. The molecule has 3 heterocycles. The highest BCUT2D eigenvalue weighted by Crippen LogP contribution is 2.42. The van der Waals surface area contributed by atoms with Crippen LogP contribution < -0.4 is 5.32 Å². The first kappa shape index (κ1) is 16.1. The van der Waals surface area contributed by atoms with E-state index in [0.29, 0.717) is 30.6 Å². The molecule has 3 aliphatic heterocycles. The minimum Gasteiger partial charge on any atom is -0.381 e. The smallest absolute Gasteiger partial charge is 0.220 e. The van der Waals surface area contributed by atoms with E-state index in [-0.39, 0.29) is 5.91 Å². The van der Waals surface area contributed by atoms with Gasteiger partial charge in [0.25, 0.3) is 0 Å². The number of likely N-dealkylation sites (tertiary alicyclic amines) is 1. The molecular weight excluding hydrogens is 300 g/mol. The van der Waals surface area contributed by atoms with Gasteiger partial charge in [0, 0.05) is 43.8 Å². The first-order valence-electron chi connectivity index (χ1n) is 9.52. The topological polar surface area (TPSA) is 41.6 Å². The molecule has 24 heavy (non-hydrogen) atoms. The summed E-state index contributed by atoms with van der Waals surface area (Å²) in [5.74, 6) is 0.241. The average molecular weight is 328 g/mol. The maximum Gasteiger partial charge on any atom is 0.220 e. The molecule has 0 radical (unpaired) electrons. The van der Waals surface area contributed by atoms with Gasteiger partial charge < -0.3 is 10.1 Å². The molecule has 0 bridgehead atoms. The van der Waals surface area contributed by atoms with Crippen LogP contribution in [0.2, 0.25) is 0 Å². The fourth-order valence-corrected chi connectivity index (χ4v) is 4.87. The van der Waals surface area contributed by atoms with Crippen LogP contribution in [0, 0.1) is 0 Å². The van der Waals surface area contributed by atoms with Gasteiger partial charge in [0.2, 0.25) is 5.91 Å². The standard InChI is InChI=1S/C20H28N2O2/c23-20-9-5-4-8-18-17(21-20)14-19(15-6-2-1-3-7-15)22(18)16-10-12-24-13-11-16/h1-3,6-7,16-19H,4-5,8-14H2,(H,21,23)/t17-,18+,19+/m1/s1. The molecule has 1 aromatic rings. The van der Waals surface area contributed by atoms with E-state index in [0.717, 1.165) is 45.3 Å². The number of benzene rings is 1. The summed E-state index contributed by atoms with van der Waals surface area (Å²) in [5, 5.41) is 3.34. The third-order valence-electron chi connectivity index (χ3n) is 5.98. The van der Waals surface area contributed by atoms with E-state index in [2.05, 4.69) is 40.5 Å². The van der Waals surface area contributed by atoms with Crippen molar-refractivity contribution in [3.05, 3.63) is 35.9 Å². The Morgan fingerprint density at radius 2 is 1.83 bits per heavy atom. The lowest BCUT2D eigenvalue weighted by molar-refractivity contribution is -0.122. The molecule has 1 N–H and O–H groups in total. The molecule has 0 spiro atoms. The molecule has 1 aromatic carbocycles. The van der Waals surface area contributed by atoms with Crippen molar-refractivity contribution in [1.29, 1.82) is 0 Å². The Labute approximate surface area is 144 Å². The molecule has 130 valence electrons. The van der Waals surface area contributed by atoms with Crippen molar-refractivity contribution in [2.24, 2.45) is 0 Å². The number of carbonyl (C=O) groups is 1. The van der Waals surface area contributed by atoms with Crippen molar-refractivity contribution in [1.82, 2.24) is 10.2 Å². The quantitative estimate of drug-likeness (QED) is 0.907. The molecular formula is C20H28N2O2. The number of hydrogen-bond donors (Lipinski definition) is 1. The van der Waals surface area contributed by atoms with Crippen LogP contribution >= 0.6 is 0 Å². The zero-order valence-corrected chi connectivity index (χ0v) is 14.3.